The normalized spacial score (nSPS) is 24.9. The molecule has 2 atom stereocenters. The van der Waals surface area contributed by atoms with Gasteiger partial charge in [-0.3, -0.25) is 9.59 Å². The molecule has 2 aliphatic rings. The molecule has 1 aliphatic heterocycles. The van der Waals surface area contributed by atoms with Crippen molar-refractivity contribution in [2.45, 2.75) is 53.5 Å². The van der Waals surface area contributed by atoms with E-state index < -0.39 is 0 Å². The Bertz CT molecular complexity index is 722. The van der Waals surface area contributed by atoms with E-state index in [0.717, 1.165) is 12.8 Å². The highest BCUT2D eigenvalue weighted by molar-refractivity contribution is 5.91. The number of piperidine rings is 1. The molecule has 2 unspecified atom stereocenters. The molecule has 1 aromatic rings. The van der Waals surface area contributed by atoms with Crippen molar-refractivity contribution in [3.05, 3.63) is 29.2 Å². The third-order valence-corrected chi connectivity index (χ3v) is 5.68. The van der Waals surface area contributed by atoms with Crippen LogP contribution in [-0.4, -0.2) is 41.0 Å². The molecule has 0 bridgehead atoms. The highest BCUT2D eigenvalue weighted by Crippen LogP contribution is 2.60. The van der Waals surface area contributed by atoms with Gasteiger partial charge in [0.1, 0.15) is 0 Å². The number of carbonyl (C=O) groups is 2. The number of carbonyl (C=O) groups excluding carboxylic acids is 2. The standard InChI is InChI=1S/C20H29N3O3/c1-12(2)10-15-17(20(15,4)5)19(25)23-8-6-14(7-9-23)21-18(24)16-11-13(3)22-26-16/h10-11,14-15,17H,6-9H2,1-5H3,(H,21,24). The minimum absolute atomic E-state index is 0.0452. The van der Waals surface area contributed by atoms with Crippen LogP contribution >= 0.6 is 0 Å². The Balaban J connectivity index is 1.52. The zero-order valence-corrected chi connectivity index (χ0v) is 16.3. The predicted molar refractivity (Wildman–Crippen MR) is 98.5 cm³/mol. The Labute approximate surface area is 155 Å². The molecule has 26 heavy (non-hydrogen) atoms. The Kier molecular flexibility index (Phi) is 4.95. The molecule has 1 N–H and O–H groups in total. The van der Waals surface area contributed by atoms with Crippen LogP contribution in [0.1, 0.15) is 56.8 Å². The fourth-order valence-electron chi connectivity index (χ4n) is 3.99. The van der Waals surface area contributed by atoms with E-state index in [1.165, 1.54) is 5.57 Å². The van der Waals surface area contributed by atoms with E-state index in [0.29, 0.717) is 24.7 Å². The molecule has 2 amide bonds. The summed E-state index contributed by atoms with van der Waals surface area (Å²) in [5, 5.41) is 6.72. The lowest BCUT2D eigenvalue weighted by Gasteiger charge is -2.32. The van der Waals surface area contributed by atoms with Crippen molar-refractivity contribution in [3.63, 3.8) is 0 Å². The van der Waals surface area contributed by atoms with Gasteiger partial charge in [-0.15, -0.1) is 0 Å². The maximum Gasteiger partial charge on any atom is 0.290 e. The summed E-state index contributed by atoms with van der Waals surface area (Å²) >= 11 is 0. The van der Waals surface area contributed by atoms with Crippen LogP contribution < -0.4 is 5.32 Å². The van der Waals surface area contributed by atoms with Crippen molar-refractivity contribution >= 4 is 11.8 Å². The highest BCUT2D eigenvalue weighted by atomic mass is 16.5. The van der Waals surface area contributed by atoms with Crippen LogP contribution in [0.2, 0.25) is 0 Å². The van der Waals surface area contributed by atoms with Gasteiger partial charge in [-0.2, -0.15) is 0 Å². The van der Waals surface area contributed by atoms with Crippen LogP contribution in [0.4, 0.5) is 0 Å². The lowest BCUT2D eigenvalue weighted by molar-refractivity contribution is -0.134. The number of aryl methyl sites for hydroxylation is 1. The summed E-state index contributed by atoms with van der Waals surface area (Å²) in [5.74, 6) is 0.689. The lowest BCUT2D eigenvalue weighted by Crippen LogP contribution is -2.47. The molecule has 2 fully saturated rings. The second-order valence-electron chi connectivity index (χ2n) is 8.47. The zero-order valence-electron chi connectivity index (χ0n) is 16.3. The van der Waals surface area contributed by atoms with Gasteiger partial charge < -0.3 is 14.7 Å². The van der Waals surface area contributed by atoms with Crippen LogP contribution in [0.3, 0.4) is 0 Å². The fraction of sp³-hybridized carbons (Fsp3) is 0.650. The number of nitrogens with zero attached hydrogens (tertiary/aromatic N) is 2. The van der Waals surface area contributed by atoms with Crippen molar-refractivity contribution in [3.8, 4) is 0 Å². The smallest absolute Gasteiger partial charge is 0.290 e. The number of amides is 2. The average molecular weight is 359 g/mol. The van der Waals surface area contributed by atoms with Gasteiger partial charge in [0, 0.05) is 25.2 Å². The van der Waals surface area contributed by atoms with Crippen LogP contribution in [0.5, 0.6) is 0 Å². The maximum atomic E-state index is 12.9. The maximum absolute atomic E-state index is 12.9. The first-order valence-electron chi connectivity index (χ1n) is 9.38. The second-order valence-corrected chi connectivity index (χ2v) is 8.47. The molecule has 3 rings (SSSR count). The Hall–Kier alpha value is -2.11. The van der Waals surface area contributed by atoms with Crippen molar-refractivity contribution in [2.24, 2.45) is 17.3 Å². The molecular formula is C20H29N3O3. The van der Waals surface area contributed by atoms with E-state index in [9.17, 15) is 9.59 Å². The van der Waals surface area contributed by atoms with Gasteiger partial charge >= 0.3 is 0 Å². The number of nitrogens with one attached hydrogen (secondary N) is 1. The Morgan fingerprint density at radius 3 is 2.50 bits per heavy atom. The van der Waals surface area contributed by atoms with Gasteiger partial charge in [-0.25, -0.2) is 0 Å². The SMILES string of the molecule is CC(C)=CC1C(C(=O)N2CCC(NC(=O)c3cc(C)no3)CC2)C1(C)C. The molecule has 1 saturated heterocycles. The first-order chi connectivity index (χ1) is 12.2. The van der Waals surface area contributed by atoms with E-state index in [1.807, 2.05) is 4.90 Å². The summed E-state index contributed by atoms with van der Waals surface area (Å²) in [5.41, 5.74) is 2.00. The molecule has 6 heteroatoms. The Morgan fingerprint density at radius 2 is 1.96 bits per heavy atom. The molecule has 1 saturated carbocycles. The fourth-order valence-corrected chi connectivity index (χ4v) is 3.99. The van der Waals surface area contributed by atoms with Gasteiger partial charge in [0.05, 0.1) is 11.6 Å². The monoisotopic (exact) mass is 359 g/mol. The second kappa shape index (κ2) is 6.89. The van der Waals surface area contributed by atoms with Crippen molar-refractivity contribution in [1.82, 2.24) is 15.4 Å². The van der Waals surface area contributed by atoms with Gasteiger partial charge in [0.15, 0.2) is 0 Å². The van der Waals surface area contributed by atoms with Crippen molar-refractivity contribution in [1.29, 1.82) is 0 Å². The first kappa shape index (κ1) is 18.7. The van der Waals surface area contributed by atoms with Crippen LogP contribution in [0, 0.1) is 24.2 Å². The summed E-state index contributed by atoms with van der Waals surface area (Å²) in [4.78, 5) is 27.0. The van der Waals surface area contributed by atoms with Gasteiger partial charge in [-0.05, 0) is 44.9 Å². The minimum Gasteiger partial charge on any atom is -0.351 e. The topological polar surface area (TPSA) is 75.4 Å². The largest absolute Gasteiger partial charge is 0.351 e. The number of aromatic nitrogens is 1. The molecule has 0 spiro atoms. The van der Waals surface area contributed by atoms with E-state index in [4.69, 9.17) is 4.52 Å². The van der Waals surface area contributed by atoms with E-state index >= 15 is 0 Å². The predicted octanol–water partition coefficient (Wildman–Crippen LogP) is 2.94. The molecular weight excluding hydrogens is 330 g/mol. The van der Waals surface area contributed by atoms with Crippen LogP contribution in [0.15, 0.2) is 22.2 Å². The summed E-state index contributed by atoms with van der Waals surface area (Å²) in [6.45, 7) is 11.7. The Morgan fingerprint density at radius 1 is 1.31 bits per heavy atom. The summed E-state index contributed by atoms with van der Waals surface area (Å²) in [7, 11) is 0. The third-order valence-electron chi connectivity index (χ3n) is 5.68. The number of hydrogen-bond donors (Lipinski definition) is 1. The van der Waals surface area contributed by atoms with E-state index in [-0.39, 0.29) is 34.9 Å². The molecule has 142 valence electrons. The number of rotatable bonds is 4. The summed E-state index contributed by atoms with van der Waals surface area (Å²) in [6, 6.07) is 1.70. The van der Waals surface area contributed by atoms with Gasteiger partial charge in [0.2, 0.25) is 11.7 Å². The lowest BCUT2D eigenvalue weighted by atomic mass is 10.0. The number of likely N-dealkylation sites (tertiary alicyclic amines) is 1. The molecule has 1 aliphatic carbocycles. The zero-order chi connectivity index (χ0) is 19.1. The third kappa shape index (κ3) is 3.69. The van der Waals surface area contributed by atoms with E-state index in [1.54, 1.807) is 13.0 Å². The van der Waals surface area contributed by atoms with Crippen LogP contribution in [-0.2, 0) is 4.79 Å². The van der Waals surface area contributed by atoms with Crippen molar-refractivity contribution < 1.29 is 14.1 Å². The molecule has 2 heterocycles. The number of hydrogen-bond acceptors (Lipinski definition) is 4. The minimum atomic E-state index is -0.234. The highest BCUT2D eigenvalue weighted by Gasteiger charge is 2.61. The molecule has 0 radical (unpaired) electrons. The van der Waals surface area contributed by atoms with Crippen LogP contribution in [0.25, 0.3) is 0 Å². The quantitative estimate of drug-likeness (QED) is 0.839. The molecule has 0 aromatic carbocycles. The van der Waals surface area contributed by atoms with Crippen molar-refractivity contribution in [2.75, 3.05) is 13.1 Å². The van der Waals surface area contributed by atoms with Gasteiger partial charge in [-0.1, -0.05) is 30.7 Å². The number of allylic oxidation sites excluding steroid dienone is 2. The summed E-state index contributed by atoms with van der Waals surface area (Å²) < 4.78 is 5.00. The summed E-state index contributed by atoms with van der Waals surface area (Å²) in [6.07, 6.45) is 3.77. The van der Waals surface area contributed by atoms with E-state index in [2.05, 4.69) is 44.2 Å². The molecule has 1 aromatic heterocycles. The first-order valence-corrected chi connectivity index (χ1v) is 9.38. The molecule has 6 nitrogen and oxygen atoms in total. The average Bonchev–Trinajstić information content (AvgIpc) is 2.91. The van der Waals surface area contributed by atoms with Gasteiger partial charge in [0.25, 0.3) is 5.91 Å².